The number of imidazole rings is 1. The van der Waals surface area contributed by atoms with Gasteiger partial charge in [0.2, 0.25) is 0 Å². The van der Waals surface area contributed by atoms with Gasteiger partial charge in [0.15, 0.2) is 0 Å². The highest BCUT2D eigenvalue weighted by Gasteiger charge is 2.15. The summed E-state index contributed by atoms with van der Waals surface area (Å²) in [5.74, 6) is 7.26. The Morgan fingerprint density at radius 2 is 2.11 bits per heavy atom. The van der Waals surface area contributed by atoms with Crippen LogP contribution in [-0.4, -0.2) is 16.2 Å². The van der Waals surface area contributed by atoms with Crippen LogP contribution in [0.2, 0.25) is 5.02 Å². The molecule has 19 heavy (non-hydrogen) atoms. The average Bonchev–Trinajstić information content (AvgIpc) is 2.74. The van der Waals surface area contributed by atoms with Crippen molar-refractivity contribution in [2.45, 2.75) is 13.0 Å². The number of aromatic nitrogens is 2. The third-order valence-corrected chi connectivity index (χ3v) is 3.30. The Bertz CT molecular complexity index is 538. The Hall–Kier alpha value is -1.56. The molecule has 3 N–H and O–H groups in total. The molecule has 1 heterocycles. The third-order valence-electron chi connectivity index (χ3n) is 3.04. The second-order valence-electron chi connectivity index (χ2n) is 4.27. The van der Waals surface area contributed by atoms with Crippen LogP contribution in [0.1, 0.15) is 17.6 Å². The van der Waals surface area contributed by atoms with E-state index < -0.39 is 0 Å². The highest BCUT2D eigenvalue weighted by atomic mass is 35.5. The van der Waals surface area contributed by atoms with Crippen LogP contribution in [0.25, 0.3) is 0 Å². The first-order valence-corrected chi connectivity index (χ1v) is 6.32. The molecule has 2 aromatic rings. The van der Waals surface area contributed by atoms with Crippen LogP contribution in [-0.2, 0) is 7.05 Å². The van der Waals surface area contributed by atoms with Crippen molar-refractivity contribution in [2.24, 2.45) is 12.9 Å². The summed E-state index contributed by atoms with van der Waals surface area (Å²) in [6.45, 7) is 2.36. The Labute approximate surface area is 117 Å². The molecule has 0 aliphatic carbocycles. The number of rotatable bonds is 5. The zero-order valence-corrected chi connectivity index (χ0v) is 11.7. The van der Waals surface area contributed by atoms with Crippen LogP contribution in [0.3, 0.4) is 0 Å². The van der Waals surface area contributed by atoms with Gasteiger partial charge in [0.25, 0.3) is 0 Å². The van der Waals surface area contributed by atoms with Crippen molar-refractivity contribution in [3.63, 3.8) is 0 Å². The van der Waals surface area contributed by atoms with Gasteiger partial charge in [-0.1, -0.05) is 11.6 Å². The maximum absolute atomic E-state index is 5.82. The Kier molecular flexibility index (Phi) is 4.42. The van der Waals surface area contributed by atoms with Crippen LogP contribution in [0.5, 0.6) is 5.75 Å². The number of halogens is 1. The molecule has 0 bridgehead atoms. The minimum absolute atomic E-state index is 0.123. The lowest BCUT2D eigenvalue weighted by molar-refractivity contribution is 0.262. The quantitative estimate of drug-likeness (QED) is 0.649. The highest BCUT2D eigenvalue weighted by Crippen LogP contribution is 2.18. The summed E-state index contributed by atoms with van der Waals surface area (Å²) in [6, 6.07) is 7.10. The lowest BCUT2D eigenvalue weighted by Gasteiger charge is -2.17. The van der Waals surface area contributed by atoms with Crippen molar-refractivity contribution in [3.8, 4) is 5.75 Å². The zero-order chi connectivity index (χ0) is 13.8. The molecule has 102 valence electrons. The molecule has 0 amide bonds. The smallest absolute Gasteiger partial charge is 0.119 e. The maximum Gasteiger partial charge on any atom is 0.119 e. The van der Waals surface area contributed by atoms with E-state index in [4.69, 9.17) is 22.2 Å². The fourth-order valence-corrected chi connectivity index (χ4v) is 1.90. The summed E-state index contributed by atoms with van der Waals surface area (Å²) in [7, 11) is 1.95. The van der Waals surface area contributed by atoms with Gasteiger partial charge in [0.05, 0.1) is 17.9 Å². The van der Waals surface area contributed by atoms with Crippen LogP contribution < -0.4 is 16.0 Å². The number of hydrogen-bond donors (Lipinski definition) is 2. The van der Waals surface area contributed by atoms with Gasteiger partial charge in [0, 0.05) is 12.1 Å². The number of hydrazine groups is 1. The van der Waals surface area contributed by atoms with Crippen LogP contribution in [0, 0.1) is 6.92 Å². The van der Waals surface area contributed by atoms with E-state index in [2.05, 4.69) is 10.4 Å². The van der Waals surface area contributed by atoms with Gasteiger partial charge >= 0.3 is 0 Å². The molecule has 0 radical (unpaired) electrons. The van der Waals surface area contributed by atoms with Crippen molar-refractivity contribution < 1.29 is 4.74 Å². The number of aryl methyl sites for hydroxylation is 1. The van der Waals surface area contributed by atoms with Crippen LogP contribution in [0.4, 0.5) is 0 Å². The fraction of sp³-hybridized carbons (Fsp3) is 0.308. The SMILES string of the molecule is Cc1ncc(C(COc2ccc(Cl)cc2)NN)n1C. The number of nitrogens with one attached hydrogen (secondary N) is 1. The lowest BCUT2D eigenvalue weighted by atomic mass is 10.2. The topological polar surface area (TPSA) is 65.1 Å². The minimum Gasteiger partial charge on any atom is -0.491 e. The summed E-state index contributed by atoms with van der Waals surface area (Å²) in [4.78, 5) is 4.25. The van der Waals surface area contributed by atoms with Gasteiger partial charge in [-0.3, -0.25) is 5.84 Å². The molecule has 1 unspecified atom stereocenters. The van der Waals surface area contributed by atoms with Crippen LogP contribution in [0.15, 0.2) is 30.5 Å². The molecule has 0 spiro atoms. The lowest BCUT2D eigenvalue weighted by Crippen LogP contribution is -2.33. The molecular weight excluding hydrogens is 264 g/mol. The molecule has 0 saturated carbocycles. The predicted molar refractivity (Wildman–Crippen MR) is 75.0 cm³/mol. The average molecular weight is 281 g/mol. The van der Waals surface area contributed by atoms with E-state index in [0.717, 1.165) is 17.3 Å². The number of nitrogens with zero attached hydrogens (tertiary/aromatic N) is 2. The molecule has 2 rings (SSSR count). The molecule has 0 saturated heterocycles. The predicted octanol–water partition coefficient (Wildman–Crippen LogP) is 1.97. The highest BCUT2D eigenvalue weighted by molar-refractivity contribution is 6.30. The van der Waals surface area contributed by atoms with Crippen LogP contribution >= 0.6 is 11.6 Å². The first-order valence-electron chi connectivity index (χ1n) is 5.94. The number of hydrogen-bond acceptors (Lipinski definition) is 4. The summed E-state index contributed by atoms with van der Waals surface area (Å²) < 4.78 is 7.67. The van der Waals surface area contributed by atoms with Gasteiger partial charge in [-0.25, -0.2) is 10.4 Å². The normalized spacial score (nSPS) is 12.4. The molecule has 1 aromatic heterocycles. The summed E-state index contributed by atoms with van der Waals surface area (Å²) in [5, 5.41) is 0.683. The molecular formula is C13H17ClN4O. The molecule has 0 aliphatic rings. The molecule has 6 heteroatoms. The van der Waals surface area contributed by atoms with E-state index in [1.165, 1.54) is 0 Å². The Balaban J connectivity index is 2.04. The maximum atomic E-state index is 5.82. The standard InChI is InChI=1S/C13H17ClN4O/c1-9-16-7-13(18(9)2)12(17-15)8-19-11-5-3-10(14)4-6-11/h3-7,12,17H,8,15H2,1-2H3. The first kappa shape index (κ1) is 13.9. The number of benzene rings is 1. The number of nitrogens with two attached hydrogens (primary N) is 1. The summed E-state index contributed by atoms with van der Waals surface area (Å²) in [6.07, 6.45) is 1.80. The summed E-state index contributed by atoms with van der Waals surface area (Å²) in [5.41, 5.74) is 3.72. The van der Waals surface area contributed by atoms with Gasteiger partial charge in [-0.05, 0) is 31.2 Å². The molecule has 0 fully saturated rings. The molecule has 1 atom stereocenters. The fourth-order valence-electron chi connectivity index (χ4n) is 1.77. The first-order chi connectivity index (χ1) is 9.11. The van der Waals surface area contributed by atoms with Crippen molar-refractivity contribution >= 4 is 11.6 Å². The monoisotopic (exact) mass is 280 g/mol. The van der Waals surface area contributed by atoms with Crippen molar-refractivity contribution in [1.82, 2.24) is 15.0 Å². The van der Waals surface area contributed by atoms with Crippen molar-refractivity contribution in [1.29, 1.82) is 0 Å². The van der Waals surface area contributed by atoms with Crippen molar-refractivity contribution in [3.05, 3.63) is 47.0 Å². The minimum atomic E-state index is -0.123. The van der Waals surface area contributed by atoms with E-state index in [1.807, 2.05) is 30.7 Å². The van der Waals surface area contributed by atoms with Gasteiger partial charge in [-0.2, -0.15) is 0 Å². The Morgan fingerprint density at radius 1 is 1.42 bits per heavy atom. The van der Waals surface area contributed by atoms with E-state index in [-0.39, 0.29) is 6.04 Å². The van der Waals surface area contributed by atoms with Gasteiger partial charge in [0.1, 0.15) is 18.2 Å². The summed E-state index contributed by atoms with van der Waals surface area (Å²) >= 11 is 5.82. The van der Waals surface area contributed by atoms with E-state index >= 15 is 0 Å². The second kappa shape index (κ2) is 6.06. The van der Waals surface area contributed by atoms with E-state index in [9.17, 15) is 0 Å². The molecule has 0 aliphatic heterocycles. The number of ether oxygens (including phenoxy) is 1. The zero-order valence-electron chi connectivity index (χ0n) is 10.9. The third kappa shape index (κ3) is 3.26. The largest absolute Gasteiger partial charge is 0.491 e. The van der Waals surface area contributed by atoms with Crippen molar-refractivity contribution in [2.75, 3.05) is 6.61 Å². The second-order valence-corrected chi connectivity index (χ2v) is 4.71. The van der Waals surface area contributed by atoms with E-state index in [0.29, 0.717) is 11.6 Å². The molecule has 1 aromatic carbocycles. The van der Waals surface area contributed by atoms with E-state index in [1.54, 1.807) is 18.3 Å². The van der Waals surface area contributed by atoms with Gasteiger partial charge in [-0.15, -0.1) is 0 Å². The van der Waals surface area contributed by atoms with Gasteiger partial charge < -0.3 is 9.30 Å². The Morgan fingerprint density at radius 3 is 2.63 bits per heavy atom. The molecule has 5 nitrogen and oxygen atoms in total.